The van der Waals surface area contributed by atoms with E-state index in [2.05, 4.69) is 25.8 Å². The first-order chi connectivity index (χ1) is 21.0. The SMILES string of the molecule is Cc1nn(-c2ccccc2)c(Cl)c1CNc1cccc(S(=O)(=O)Nc2ccsc2C(=O)N[C@@H](CCCNC(N)N)C(=O)O)c1. The van der Waals surface area contributed by atoms with Gasteiger partial charge in [0.15, 0.2) is 0 Å². The molecule has 234 valence electrons. The molecule has 1 amide bonds. The molecule has 0 saturated carbocycles. The van der Waals surface area contributed by atoms with Gasteiger partial charge < -0.3 is 27.2 Å². The zero-order chi connectivity index (χ0) is 31.9. The Labute approximate surface area is 263 Å². The van der Waals surface area contributed by atoms with Crippen molar-refractivity contribution in [1.29, 1.82) is 0 Å². The summed E-state index contributed by atoms with van der Waals surface area (Å²) in [5.74, 6) is -1.94. The second kappa shape index (κ2) is 14.7. The zero-order valence-electron chi connectivity index (χ0n) is 23.7. The van der Waals surface area contributed by atoms with Gasteiger partial charge in [-0.25, -0.2) is 17.9 Å². The third kappa shape index (κ3) is 8.34. The number of amides is 1. The number of nitrogens with two attached hydrogens (primary N) is 2. The van der Waals surface area contributed by atoms with Crippen molar-refractivity contribution in [2.75, 3.05) is 16.6 Å². The molecule has 4 aromatic rings. The number of sulfonamides is 1. The Morgan fingerprint density at radius 2 is 1.86 bits per heavy atom. The lowest BCUT2D eigenvalue weighted by Crippen LogP contribution is -2.46. The molecule has 2 heterocycles. The van der Waals surface area contributed by atoms with E-state index in [9.17, 15) is 23.1 Å². The Morgan fingerprint density at radius 3 is 2.57 bits per heavy atom. The van der Waals surface area contributed by atoms with E-state index in [1.807, 2.05) is 37.3 Å². The van der Waals surface area contributed by atoms with Crippen LogP contribution in [0.4, 0.5) is 11.4 Å². The summed E-state index contributed by atoms with van der Waals surface area (Å²) in [7, 11) is -4.12. The number of carboxylic acid groups (broad SMARTS) is 1. The predicted molar refractivity (Wildman–Crippen MR) is 170 cm³/mol. The number of nitrogens with zero attached hydrogens (tertiary/aromatic N) is 2. The number of halogens is 1. The maximum Gasteiger partial charge on any atom is 0.326 e. The standard InChI is InChI=1S/C28H33ClN8O5S2/c1-17-21(25(29)37(35-17)19-8-3-2-4-9-19)16-33-18-7-5-10-20(15-18)44(41,42)36-22-12-14-43-24(22)26(38)34-23(27(39)40)11-6-13-32-28(30)31/h2-5,7-10,12,14-15,23,28,32-33,36H,6,11,13,16,30-31H2,1H3,(H,34,38)(H,39,40)/t23-/m0/s1. The molecule has 2 aromatic heterocycles. The van der Waals surface area contributed by atoms with Crippen LogP contribution in [0.1, 0.15) is 33.8 Å². The van der Waals surface area contributed by atoms with E-state index in [-0.39, 0.29) is 21.9 Å². The minimum absolute atomic E-state index is 0.0248. The number of hydrogen-bond donors (Lipinski definition) is 7. The van der Waals surface area contributed by atoms with Gasteiger partial charge in [-0.3, -0.25) is 14.8 Å². The Bertz CT molecular complexity index is 1710. The Morgan fingerprint density at radius 1 is 1.11 bits per heavy atom. The molecule has 0 aliphatic heterocycles. The van der Waals surface area contributed by atoms with Crippen molar-refractivity contribution >= 4 is 56.2 Å². The highest BCUT2D eigenvalue weighted by Gasteiger charge is 2.25. The molecule has 1 atom stereocenters. The summed E-state index contributed by atoms with van der Waals surface area (Å²) in [4.78, 5) is 24.6. The maximum absolute atomic E-state index is 13.3. The number of hydrogen-bond acceptors (Lipinski definition) is 10. The predicted octanol–water partition coefficient (Wildman–Crippen LogP) is 3.06. The summed E-state index contributed by atoms with van der Waals surface area (Å²) < 4.78 is 30.7. The average molecular weight is 661 g/mol. The molecule has 4 rings (SSSR count). The van der Waals surface area contributed by atoms with Crippen molar-refractivity contribution in [3.63, 3.8) is 0 Å². The van der Waals surface area contributed by atoms with Gasteiger partial charge in [0.25, 0.3) is 15.9 Å². The highest BCUT2D eigenvalue weighted by Crippen LogP contribution is 2.28. The number of carbonyl (C=O) groups excluding carboxylic acids is 1. The van der Waals surface area contributed by atoms with Crippen molar-refractivity contribution in [1.82, 2.24) is 20.4 Å². The number of thiophene rings is 1. The third-order valence-electron chi connectivity index (χ3n) is 6.50. The van der Waals surface area contributed by atoms with Crippen LogP contribution in [-0.2, 0) is 21.4 Å². The molecule has 16 heteroatoms. The largest absolute Gasteiger partial charge is 0.480 e. The number of anilines is 2. The van der Waals surface area contributed by atoms with Gasteiger partial charge in [-0.15, -0.1) is 11.3 Å². The highest BCUT2D eigenvalue weighted by molar-refractivity contribution is 7.92. The van der Waals surface area contributed by atoms with Crippen molar-refractivity contribution < 1.29 is 23.1 Å². The van der Waals surface area contributed by atoms with E-state index in [1.165, 1.54) is 23.6 Å². The van der Waals surface area contributed by atoms with Gasteiger partial charge in [-0.1, -0.05) is 35.9 Å². The van der Waals surface area contributed by atoms with E-state index >= 15 is 0 Å². The summed E-state index contributed by atoms with van der Waals surface area (Å²) in [5.41, 5.74) is 13.7. The van der Waals surface area contributed by atoms with Crippen LogP contribution in [0.2, 0.25) is 5.15 Å². The topological polar surface area (TPSA) is 206 Å². The fourth-order valence-corrected chi connectivity index (χ4v) is 6.53. The van der Waals surface area contributed by atoms with Gasteiger partial charge in [0.05, 0.1) is 22.0 Å². The first-order valence-corrected chi connectivity index (χ1v) is 16.2. The summed E-state index contributed by atoms with van der Waals surface area (Å²) >= 11 is 7.61. The Hall–Kier alpha value is -3.99. The number of carbonyl (C=O) groups is 2. The fourth-order valence-electron chi connectivity index (χ4n) is 4.26. The fraction of sp³-hybridized carbons (Fsp3) is 0.250. The molecule has 9 N–H and O–H groups in total. The lowest BCUT2D eigenvalue weighted by atomic mass is 10.1. The lowest BCUT2D eigenvalue weighted by Gasteiger charge is -2.16. The van der Waals surface area contributed by atoms with Crippen LogP contribution in [0.25, 0.3) is 5.69 Å². The summed E-state index contributed by atoms with van der Waals surface area (Å²) in [6, 6.07) is 15.9. The van der Waals surface area contributed by atoms with E-state index in [0.29, 0.717) is 30.4 Å². The van der Waals surface area contributed by atoms with Crippen LogP contribution in [0.5, 0.6) is 0 Å². The number of aliphatic carboxylic acids is 1. The van der Waals surface area contributed by atoms with Gasteiger partial charge >= 0.3 is 5.97 Å². The molecule has 13 nitrogen and oxygen atoms in total. The van der Waals surface area contributed by atoms with Gasteiger partial charge in [0.2, 0.25) is 0 Å². The normalized spacial score (nSPS) is 12.2. The molecular formula is C28H33ClN8O5S2. The zero-order valence-corrected chi connectivity index (χ0v) is 26.0. The molecule has 0 unspecified atom stereocenters. The number of para-hydroxylation sites is 1. The van der Waals surface area contributed by atoms with Crippen molar-refractivity contribution in [2.45, 2.75) is 43.5 Å². The quantitative estimate of drug-likeness (QED) is 0.0732. The van der Waals surface area contributed by atoms with Crippen LogP contribution in [-0.4, -0.2) is 54.1 Å². The molecule has 2 aromatic carbocycles. The molecular weight excluding hydrogens is 628 g/mol. The molecule has 0 aliphatic rings. The monoisotopic (exact) mass is 660 g/mol. The number of rotatable bonds is 15. The molecule has 0 aliphatic carbocycles. The minimum Gasteiger partial charge on any atom is -0.480 e. The highest BCUT2D eigenvalue weighted by atomic mass is 35.5. The van der Waals surface area contributed by atoms with Gasteiger partial charge in [-0.2, -0.15) is 5.10 Å². The lowest BCUT2D eigenvalue weighted by molar-refractivity contribution is -0.139. The van der Waals surface area contributed by atoms with Gasteiger partial charge in [0.1, 0.15) is 22.4 Å². The molecule has 0 saturated heterocycles. The molecule has 0 spiro atoms. The number of aryl methyl sites for hydroxylation is 1. The molecule has 0 fully saturated rings. The van der Waals surface area contributed by atoms with Crippen molar-refractivity contribution in [2.24, 2.45) is 11.5 Å². The first kappa shape index (κ1) is 32.9. The van der Waals surface area contributed by atoms with Gasteiger partial charge in [-0.05, 0) is 68.1 Å². The van der Waals surface area contributed by atoms with Crippen LogP contribution < -0.4 is 32.1 Å². The van der Waals surface area contributed by atoms with E-state index in [1.54, 1.807) is 16.8 Å². The summed E-state index contributed by atoms with van der Waals surface area (Å²) in [5, 5.41) is 24.5. The second-order valence-electron chi connectivity index (χ2n) is 9.74. The number of benzene rings is 2. The molecule has 0 bridgehead atoms. The van der Waals surface area contributed by atoms with Crippen molar-refractivity contribution in [3.8, 4) is 5.69 Å². The molecule has 44 heavy (non-hydrogen) atoms. The Kier molecular flexibility index (Phi) is 11.0. The average Bonchev–Trinajstić information content (AvgIpc) is 3.56. The minimum atomic E-state index is -4.12. The van der Waals surface area contributed by atoms with Crippen LogP contribution in [0.3, 0.4) is 0 Å². The second-order valence-corrected chi connectivity index (χ2v) is 12.7. The molecule has 0 radical (unpaired) electrons. The number of nitrogens with one attached hydrogen (secondary N) is 4. The van der Waals surface area contributed by atoms with E-state index < -0.39 is 34.2 Å². The maximum atomic E-state index is 13.3. The van der Waals surface area contributed by atoms with Crippen LogP contribution in [0.15, 0.2) is 70.9 Å². The number of aromatic nitrogens is 2. The smallest absolute Gasteiger partial charge is 0.326 e. The number of carboxylic acids is 1. The van der Waals surface area contributed by atoms with E-state index in [4.69, 9.17) is 23.1 Å². The van der Waals surface area contributed by atoms with Crippen LogP contribution in [0, 0.1) is 6.92 Å². The Balaban J connectivity index is 1.43. The first-order valence-electron chi connectivity index (χ1n) is 13.5. The van der Waals surface area contributed by atoms with Gasteiger partial charge in [0, 0.05) is 17.8 Å². The van der Waals surface area contributed by atoms with E-state index in [0.717, 1.165) is 28.3 Å². The van der Waals surface area contributed by atoms with Crippen LogP contribution >= 0.6 is 22.9 Å². The summed E-state index contributed by atoms with van der Waals surface area (Å²) in [6.45, 7) is 2.50. The third-order valence-corrected chi connectivity index (χ3v) is 9.17. The summed E-state index contributed by atoms with van der Waals surface area (Å²) in [6.07, 6.45) is -0.235. The van der Waals surface area contributed by atoms with Crippen molar-refractivity contribution in [3.05, 3.63) is 87.3 Å².